The van der Waals surface area contributed by atoms with Crippen LogP contribution in [0.25, 0.3) is 0 Å². The molecule has 1 aromatic carbocycles. The third kappa shape index (κ3) is 5.18. The van der Waals surface area contributed by atoms with Crippen LogP contribution in [0.4, 0.5) is 15.9 Å². The Kier molecular flexibility index (Phi) is 7.16. The first-order valence-electron chi connectivity index (χ1n) is 9.16. The van der Waals surface area contributed by atoms with Crippen molar-refractivity contribution in [3.8, 4) is 5.75 Å². The molecule has 2 aromatic rings. The van der Waals surface area contributed by atoms with Crippen LogP contribution in [0.15, 0.2) is 36.5 Å². The molecule has 0 aliphatic rings. The zero-order chi connectivity index (χ0) is 20.0. The molecular formula is C21H27FN2O3. The highest BCUT2D eigenvalue weighted by atomic mass is 18.2. The van der Waals surface area contributed by atoms with Gasteiger partial charge < -0.3 is 14.7 Å². The number of carboxylic acids is 1. The second-order valence-corrected chi connectivity index (χ2v) is 6.90. The van der Waals surface area contributed by atoms with Crippen LogP contribution in [-0.4, -0.2) is 35.9 Å². The number of halogens is 1. The summed E-state index contributed by atoms with van der Waals surface area (Å²) in [5, 5.41) is 9.03. The lowest BCUT2D eigenvalue weighted by Gasteiger charge is -2.25. The van der Waals surface area contributed by atoms with Crippen molar-refractivity contribution in [1.82, 2.24) is 4.98 Å². The molecule has 0 aliphatic heterocycles. The zero-order valence-corrected chi connectivity index (χ0v) is 16.3. The van der Waals surface area contributed by atoms with Gasteiger partial charge >= 0.3 is 5.97 Å². The summed E-state index contributed by atoms with van der Waals surface area (Å²) in [5.74, 6) is 0.537. The Bertz CT molecular complexity index is 763. The molecule has 5 nitrogen and oxygen atoms in total. The van der Waals surface area contributed by atoms with Crippen LogP contribution in [0.2, 0.25) is 0 Å². The van der Waals surface area contributed by atoms with Gasteiger partial charge in [-0.15, -0.1) is 0 Å². The van der Waals surface area contributed by atoms with Crippen molar-refractivity contribution in [2.45, 2.75) is 33.6 Å². The number of hydrogen-bond donors (Lipinski definition) is 1. The number of rotatable bonds is 9. The molecule has 1 N–H and O–H groups in total. The maximum atomic E-state index is 12.7. The van der Waals surface area contributed by atoms with Crippen LogP contribution >= 0.6 is 0 Å². The fourth-order valence-electron chi connectivity index (χ4n) is 2.71. The first kappa shape index (κ1) is 20.7. The highest BCUT2D eigenvalue weighted by Gasteiger charge is 2.15. The summed E-state index contributed by atoms with van der Waals surface area (Å²) in [6.45, 7) is 8.60. The Morgan fingerprint density at radius 2 is 2.00 bits per heavy atom. The van der Waals surface area contributed by atoms with E-state index in [9.17, 15) is 9.18 Å². The van der Waals surface area contributed by atoms with Gasteiger partial charge in [0.15, 0.2) is 0 Å². The quantitative estimate of drug-likeness (QED) is 0.667. The van der Waals surface area contributed by atoms with Gasteiger partial charge in [0.2, 0.25) is 0 Å². The van der Waals surface area contributed by atoms with Gasteiger partial charge in [-0.2, -0.15) is 0 Å². The minimum absolute atomic E-state index is 0.145. The lowest BCUT2D eigenvalue weighted by molar-refractivity contribution is 0.0696. The molecule has 0 radical (unpaired) electrons. The molecule has 1 unspecified atom stereocenters. The van der Waals surface area contributed by atoms with Crippen molar-refractivity contribution in [1.29, 1.82) is 0 Å². The molecule has 0 spiro atoms. The van der Waals surface area contributed by atoms with Gasteiger partial charge in [-0.3, -0.25) is 4.39 Å². The van der Waals surface area contributed by atoms with Crippen LogP contribution in [0.1, 0.15) is 49.5 Å². The van der Waals surface area contributed by atoms with E-state index in [1.54, 1.807) is 12.1 Å². The Morgan fingerprint density at radius 3 is 2.52 bits per heavy atom. The van der Waals surface area contributed by atoms with Crippen molar-refractivity contribution in [2.24, 2.45) is 5.92 Å². The van der Waals surface area contributed by atoms with E-state index < -0.39 is 12.6 Å². The largest absolute Gasteiger partial charge is 0.493 e. The van der Waals surface area contributed by atoms with Gasteiger partial charge in [-0.25, -0.2) is 9.78 Å². The number of aromatic carboxylic acids is 1. The average Bonchev–Trinajstić information content (AvgIpc) is 2.67. The lowest BCUT2D eigenvalue weighted by Crippen LogP contribution is -2.18. The van der Waals surface area contributed by atoms with Crippen LogP contribution in [0, 0.1) is 5.92 Å². The molecule has 2 rings (SSSR count). The average molecular weight is 373 g/mol. The second-order valence-electron chi connectivity index (χ2n) is 6.90. The summed E-state index contributed by atoms with van der Waals surface area (Å²) in [6, 6.07) is 9.15. The Morgan fingerprint density at radius 1 is 1.26 bits per heavy atom. The number of anilines is 2. The normalized spacial score (nSPS) is 12.1. The topological polar surface area (TPSA) is 62.7 Å². The molecule has 0 saturated heterocycles. The van der Waals surface area contributed by atoms with Crippen LogP contribution < -0.4 is 9.64 Å². The third-order valence-electron chi connectivity index (χ3n) is 4.30. The minimum atomic E-state index is -0.997. The number of pyridine rings is 1. The van der Waals surface area contributed by atoms with Crippen molar-refractivity contribution >= 4 is 17.5 Å². The van der Waals surface area contributed by atoms with Crippen molar-refractivity contribution in [3.63, 3.8) is 0 Å². The van der Waals surface area contributed by atoms with E-state index in [4.69, 9.17) is 9.84 Å². The Balaban J connectivity index is 2.32. The highest BCUT2D eigenvalue weighted by molar-refractivity contribution is 5.87. The molecular weight excluding hydrogens is 346 g/mol. The summed E-state index contributed by atoms with van der Waals surface area (Å²) < 4.78 is 18.5. The van der Waals surface area contributed by atoms with Crippen molar-refractivity contribution in [3.05, 3.63) is 47.7 Å². The van der Waals surface area contributed by atoms with E-state index in [-0.39, 0.29) is 17.4 Å². The van der Waals surface area contributed by atoms with E-state index >= 15 is 0 Å². The fraction of sp³-hybridized carbons (Fsp3) is 0.429. The smallest absolute Gasteiger partial charge is 0.337 e. The standard InChI is InChI=1S/C21H27FN2O3/c1-5-24(20-9-6-16(12-23-20)21(25)26)17-7-8-19(18(10-17)14(2)3)27-13-15(4)11-22/h6-10,12,14-15H,5,11,13H2,1-4H3,(H,25,26)/i22-1. The monoisotopic (exact) mass is 373 g/mol. The molecule has 1 heterocycles. The first-order chi connectivity index (χ1) is 12.9. The van der Waals surface area contributed by atoms with E-state index in [2.05, 4.69) is 24.9 Å². The highest BCUT2D eigenvalue weighted by Crippen LogP contribution is 2.33. The van der Waals surface area contributed by atoms with Crippen LogP contribution in [-0.2, 0) is 0 Å². The molecule has 6 heteroatoms. The maximum Gasteiger partial charge on any atom is 0.337 e. The van der Waals surface area contributed by atoms with E-state index in [1.165, 1.54) is 6.20 Å². The Labute approximate surface area is 159 Å². The number of carbonyl (C=O) groups is 1. The van der Waals surface area contributed by atoms with E-state index in [0.29, 0.717) is 19.0 Å². The molecule has 0 saturated carbocycles. The van der Waals surface area contributed by atoms with Gasteiger partial charge in [0, 0.05) is 24.3 Å². The first-order valence-corrected chi connectivity index (χ1v) is 9.16. The maximum absolute atomic E-state index is 12.7. The van der Waals surface area contributed by atoms with Crippen molar-refractivity contribution < 1.29 is 19.0 Å². The van der Waals surface area contributed by atoms with Gasteiger partial charge in [-0.05, 0) is 48.7 Å². The number of carboxylic acid groups (broad SMARTS) is 1. The molecule has 1 aromatic heterocycles. The summed E-state index contributed by atoms with van der Waals surface area (Å²) in [6.07, 6.45) is 1.36. The number of alkyl halides is 1. The van der Waals surface area contributed by atoms with Crippen LogP contribution in [0.3, 0.4) is 0 Å². The molecule has 0 fully saturated rings. The predicted octanol–water partition coefficient (Wildman–Crippen LogP) is 5.05. The van der Waals surface area contributed by atoms with Crippen LogP contribution in [0.5, 0.6) is 5.75 Å². The molecule has 0 amide bonds. The fourth-order valence-corrected chi connectivity index (χ4v) is 2.71. The summed E-state index contributed by atoms with van der Waals surface area (Å²) in [7, 11) is 0. The second kappa shape index (κ2) is 9.35. The SMILES string of the molecule is CCN(c1ccc(OCC(C)C[18F])c(C(C)C)c1)c1ccc(C(=O)O)cn1. The number of ether oxygens (including phenoxy) is 1. The summed E-state index contributed by atoms with van der Waals surface area (Å²) >= 11 is 0. The van der Waals surface area contributed by atoms with E-state index in [1.807, 2.05) is 30.9 Å². The van der Waals surface area contributed by atoms with Gasteiger partial charge in [-0.1, -0.05) is 20.8 Å². The number of aromatic nitrogens is 1. The predicted molar refractivity (Wildman–Crippen MR) is 105 cm³/mol. The summed E-state index contributed by atoms with van der Waals surface area (Å²) in [5.41, 5.74) is 2.14. The van der Waals surface area contributed by atoms with E-state index in [0.717, 1.165) is 17.0 Å². The number of hydrogen-bond acceptors (Lipinski definition) is 4. The van der Waals surface area contributed by atoms with Crippen molar-refractivity contribution in [2.75, 3.05) is 24.7 Å². The minimum Gasteiger partial charge on any atom is -0.493 e. The number of benzene rings is 1. The molecule has 27 heavy (non-hydrogen) atoms. The number of nitrogens with zero attached hydrogens (tertiary/aromatic N) is 2. The van der Waals surface area contributed by atoms with Gasteiger partial charge in [0.05, 0.1) is 18.8 Å². The molecule has 1 atom stereocenters. The molecule has 0 bridgehead atoms. The van der Waals surface area contributed by atoms with Gasteiger partial charge in [0.1, 0.15) is 11.6 Å². The zero-order valence-electron chi connectivity index (χ0n) is 16.3. The molecule has 146 valence electrons. The molecule has 0 aliphatic carbocycles. The lowest BCUT2D eigenvalue weighted by atomic mass is 10.0. The Hall–Kier alpha value is -2.63. The van der Waals surface area contributed by atoms with Gasteiger partial charge in [0.25, 0.3) is 0 Å². The summed E-state index contributed by atoms with van der Waals surface area (Å²) in [4.78, 5) is 17.3. The third-order valence-corrected chi connectivity index (χ3v) is 4.30.